The molecule has 0 unspecified atom stereocenters. The van der Waals surface area contributed by atoms with E-state index in [0.717, 1.165) is 0 Å². The maximum absolute atomic E-state index is 13.4. The molecule has 1 amide bonds. The minimum atomic E-state index is -2.75. The van der Waals surface area contributed by atoms with E-state index < -0.39 is 11.8 Å². The van der Waals surface area contributed by atoms with Crippen LogP contribution in [0.3, 0.4) is 0 Å². The van der Waals surface area contributed by atoms with E-state index in [1.165, 1.54) is 35.2 Å². The molecular formula is C18H18F2N8O2. The molecule has 3 aromatic rings. The maximum atomic E-state index is 13.4. The lowest BCUT2D eigenvalue weighted by molar-refractivity contribution is -0.0495. The summed E-state index contributed by atoms with van der Waals surface area (Å²) in [6, 6.07) is 4.72. The first kappa shape index (κ1) is 19.6. The summed E-state index contributed by atoms with van der Waals surface area (Å²) >= 11 is 0. The summed E-state index contributed by atoms with van der Waals surface area (Å²) in [6.07, 6.45) is 2.06. The fourth-order valence-corrected chi connectivity index (χ4v) is 3.05. The van der Waals surface area contributed by atoms with Crippen molar-refractivity contribution in [1.82, 2.24) is 34.8 Å². The highest BCUT2D eigenvalue weighted by Crippen LogP contribution is 2.29. The van der Waals surface area contributed by atoms with E-state index in [4.69, 9.17) is 10.5 Å². The van der Waals surface area contributed by atoms with Gasteiger partial charge in [0.2, 0.25) is 5.88 Å². The van der Waals surface area contributed by atoms with Gasteiger partial charge in [0.1, 0.15) is 11.5 Å². The Hall–Kier alpha value is -3.70. The second kappa shape index (κ2) is 7.61. The number of ether oxygens (including phenoxy) is 1. The van der Waals surface area contributed by atoms with Crippen LogP contribution in [-0.4, -0.2) is 66.9 Å². The molecule has 0 aromatic carbocycles. The van der Waals surface area contributed by atoms with Gasteiger partial charge in [-0.2, -0.15) is 5.10 Å². The zero-order valence-corrected chi connectivity index (χ0v) is 16.0. The van der Waals surface area contributed by atoms with Gasteiger partial charge in [-0.25, -0.2) is 23.4 Å². The van der Waals surface area contributed by atoms with Crippen LogP contribution in [0, 0.1) is 0 Å². The number of alkyl halides is 2. The van der Waals surface area contributed by atoms with Crippen molar-refractivity contribution >= 4 is 11.7 Å². The summed E-state index contributed by atoms with van der Waals surface area (Å²) in [5.74, 6) is -2.34. The Morgan fingerprint density at radius 3 is 2.53 bits per heavy atom. The first-order chi connectivity index (χ1) is 14.4. The number of nitrogens with two attached hydrogens (primary N) is 1. The molecule has 1 saturated heterocycles. The highest BCUT2D eigenvalue weighted by molar-refractivity contribution is 5.93. The van der Waals surface area contributed by atoms with E-state index in [0.29, 0.717) is 23.1 Å². The number of piperidine rings is 1. The van der Waals surface area contributed by atoms with Gasteiger partial charge in [0.25, 0.3) is 11.8 Å². The quantitative estimate of drug-likeness (QED) is 0.680. The molecule has 1 aliphatic heterocycles. The third-order valence-corrected chi connectivity index (χ3v) is 4.70. The van der Waals surface area contributed by atoms with Crippen LogP contribution in [0.2, 0.25) is 0 Å². The molecule has 4 rings (SSSR count). The number of hydrogen-bond donors (Lipinski definition) is 1. The van der Waals surface area contributed by atoms with Gasteiger partial charge in [0.15, 0.2) is 11.5 Å². The number of nitrogen functional groups attached to an aromatic ring is 1. The molecule has 0 spiro atoms. The van der Waals surface area contributed by atoms with Crippen molar-refractivity contribution in [3.8, 4) is 23.1 Å². The summed E-state index contributed by atoms with van der Waals surface area (Å²) in [4.78, 5) is 22.5. The summed E-state index contributed by atoms with van der Waals surface area (Å²) in [6.45, 7) is -0.0872. The molecule has 0 aliphatic carbocycles. The molecule has 0 atom stereocenters. The number of carbonyl (C=O) groups is 1. The fourth-order valence-electron chi connectivity index (χ4n) is 3.05. The molecule has 0 radical (unpaired) electrons. The highest BCUT2D eigenvalue weighted by Gasteiger charge is 2.36. The second-order valence-electron chi connectivity index (χ2n) is 6.74. The lowest BCUT2D eigenvalue weighted by Crippen LogP contribution is -2.42. The van der Waals surface area contributed by atoms with Crippen LogP contribution in [0.25, 0.3) is 17.2 Å². The number of hydrogen-bond acceptors (Lipinski definition) is 8. The van der Waals surface area contributed by atoms with Gasteiger partial charge in [-0.15, -0.1) is 10.2 Å². The van der Waals surface area contributed by atoms with Crippen LogP contribution in [0.5, 0.6) is 5.88 Å². The third-order valence-electron chi connectivity index (χ3n) is 4.70. The molecule has 156 valence electrons. The SMILES string of the molecule is COc1ccc(-n2nc(C(=O)N3CCC(F)(F)CC3)cc2-c2cnc(N)cn2)nn1. The molecule has 0 saturated carbocycles. The minimum Gasteiger partial charge on any atom is -0.480 e. The topological polar surface area (TPSA) is 125 Å². The van der Waals surface area contributed by atoms with Gasteiger partial charge in [0.05, 0.1) is 25.2 Å². The summed E-state index contributed by atoms with van der Waals surface area (Å²) in [5, 5.41) is 12.3. The van der Waals surface area contributed by atoms with Gasteiger partial charge < -0.3 is 15.4 Å². The smallest absolute Gasteiger partial charge is 0.274 e. The number of carbonyl (C=O) groups excluding carboxylic acids is 1. The monoisotopic (exact) mass is 416 g/mol. The zero-order chi connectivity index (χ0) is 21.3. The number of nitrogens with zero attached hydrogens (tertiary/aromatic N) is 7. The average Bonchev–Trinajstić information content (AvgIpc) is 3.19. The van der Waals surface area contributed by atoms with Crippen molar-refractivity contribution < 1.29 is 18.3 Å². The van der Waals surface area contributed by atoms with Crippen molar-refractivity contribution in [2.24, 2.45) is 0 Å². The Labute approximate surface area is 169 Å². The van der Waals surface area contributed by atoms with Crippen molar-refractivity contribution in [1.29, 1.82) is 0 Å². The standard InChI is InChI=1S/C18H18F2N8O2/c1-30-16-3-2-15(24-25-16)28-13(12-9-23-14(21)10-22-12)8-11(26-28)17(29)27-6-4-18(19,20)5-7-27/h2-3,8-10H,4-7H2,1H3,(H2,21,23). The lowest BCUT2D eigenvalue weighted by atomic mass is 10.1. The van der Waals surface area contributed by atoms with Gasteiger partial charge >= 0.3 is 0 Å². The number of anilines is 1. The first-order valence-electron chi connectivity index (χ1n) is 9.09. The fraction of sp³-hybridized carbons (Fsp3) is 0.333. The lowest BCUT2D eigenvalue weighted by Gasteiger charge is -2.31. The number of halogens is 2. The van der Waals surface area contributed by atoms with Gasteiger partial charge in [0, 0.05) is 32.0 Å². The zero-order valence-electron chi connectivity index (χ0n) is 16.0. The molecule has 3 aromatic heterocycles. The third kappa shape index (κ3) is 3.88. The number of amides is 1. The molecule has 0 bridgehead atoms. The van der Waals surface area contributed by atoms with E-state index in [1.807, 2.05) is 0 Å². The van der Waals surface area contributed by atoms with Crippen LogP contribution >= 0.6 is 0 Å². The second-order valence-corrected chi connectivity index (χ2v) is 6.74. The first-order valence-corrected chi connectivity index (χ1v) is 9.09. The Balaban J connectivity index is 1.71. The van der Waals surface area contributed by atoms with Crippen molar-refractivity contribution in [2.45, 2.75) is 18.8 Å². The minimum absolute atomic E-state index is 0.0436. The Bertz CT molecular complexity index is 1040. The Morgan fingerprint density at radius 2 is 1.93 bits per heavy atom. The van der Waals surface area contributed by atoms with Crippen molar-refractivity contribution in [3.05, 3.63) is 36.3 Å². The molecule has 1 aliphatic rings. The molecule has 12 heteroatoms. The molecule has 30 heavy (non-hydrogen) atoms. The summed E-state index contributed by atoms with van der Waals surface area (Å²) in [5.41, 5.74) is 6.51. The van der Waals surface area contributed by atoms with Crippen LogP contribution in [0.15, 0.2) is 30.6 Å². The van der Waals surface area contributed by atoms with Gasteiger partial charge in [-0.05, 0) is 12.1 Å². The number of methoxy groups -OCH3 is 1. The maximum Gasteiger partial charge on any atom is 0.274 e. The largest absolute Gasteiger partial charge is 0.480 e. The van der Waals surface area contributed by atoms with E-state index in [9.17, 15) is 13.6 Å². The van der Waals surface area contributed by atoms with E-state index in [1.54, 1.807) is 12.1 Å². The van der Waals surface area contributed by atoms with Crippen LogP contribution in [0.4, 0.5) is 14.6 Å². The number of rotatable bonds is 4. The van der Waals surface area contributed by atoms with Crippen molar-refractivity contribution in [2.75, 3.05) is 25.9 Å². The summed E-state index contributed by atoms with van der Waals surface area (Å²) in [7, 11) is 1.46. The van der Waals surface area contributed by atoms with Gasteiger partial charge in [-0.3, -0.25) is 4.79 Å². The Kier molecular flexibility index (Phi) is 4.98. The van der Waals surface area contributed by atoms with Crippen LogP contribution in [-0.2, 0) is 0 Å². The highest BCUT2D eigenvalue weighted by atomic mass is 19.3. The van der Waals surface area contributed by atoms with Crippen molar-refractivity contribution in [3.63, 3.8) is 0 Å². The number of aromatic nitrogens is 6. The van der Waals surface area contributed by atoms with Gasteiger partial charge in [-0.1, -0.05) is 0 Å². The number of likely N-dealkylation sites (tertiary alicyclic amines) is 1. The molecule has 10 nitrogen and oxygen atoms in total. The molecular weight excluding hydrogens is 398 g/mol. The predicted octanol–water partition coefficient (Wildman–Crippen LogP) is 1.58. The van der Waals surface area contributed by atoms with E-state index in [-0.39, 0.29) is 37.4 Å². The van der Waals surface area contributed by atoms with E-state index >= 15 is 0 Å². The van der Waals surface area contributed by atoms with Crippen LogP contribution in [0.1, 0.15) is 23.3 Å². The normalized spacial score (nSPS) is 15.8. The predicted molar refractivity (Wildman–Crippen MR) is 101 cm³/mol. The summed E-state index contributed by atoms with van der Waals surface area (Å²) < 4.78 is 33.3. The van der Waals surface area contributed by atoms with Crippen LogP contribution < -0.4 is 10.5 Å². The van der Waals surface area contributed by atoms with E-state index in [2.05, 4.69) is 25.3 Å². The Morgan fingerprint density at radius 1 is 1.17 bits per heavy atom. The molecule has 4 heterocycles. The average molecular weight is 416 g/mol. The molecule has 1 fully saturated rings. The molecule has 2 N–H and O–H groups in total.